The average Bonchev–Trinajstić information content (AvgIpc) is 2.84. The molecule has 3 nitrogen and oxygen atoms in total. The average molecular weight is 265 g/mol. The van der Waals surface area contributed by atoms with E-state index in [1.165, 1.54) is 0 Å². The predicted octanol–water partition coefficient (Wildman–Crippen LogP) is 3.67. The normalized spacial score (nSPS) is 10.7. The lowest BCUT2D eigenvalue weighted by molar-refractivity contribution is 0.112. The largest absolute Gasteiger partial charge is 0.496 e. The summed E-state index contributed by atoms with van der Waals surface area (Å²) in [6.45, 7) is 0. The van der Waals surface area contributed by atoms with E-state index in [-0.39, 0.29) is 0 Å². The standard InChI is InChI=1S/C17H15NO2/c1-18-10-14(13-6-4-3-5-7-13)17-15(18)8-12(11-19)9-16(17)20-2/h3-11H,1-2H3. The highest BCUT2D eigenvalue weighted by atomic mass is 16.5. The van der Waals surface area contributed by atoms with Crippen LogP contribution in [0, 0.1) is 0 Å². The van der Waals surface area contributed by atoms with Gasteiger partial charge in [0.25, 0.3) is 0 Å². The van der Waals surface area contributed by atoms with Crippen LogP contribution in [-0.2, 0) is 7.05 Å². The molecule has 1 aromatic heterocycles. The van der Waals surface area contributed by atoms with Crippen molar-refractivity contribution in [1.29, 1.82) is 0 Å². The van der Waals surface area contributed by atoms with Crippen LogP contribution in [0.1, 0.15) is 10.4 Å². The van der Waals surface area contributed by atoms with Gasteiger partial charge >= 0.3 is 0 Å². The van der Waals surface area contributed by atoms with Crippen LogP contribution < -0.4 is 4.74 Å². The number of hydrogen-bond acceptors (Lipinski definition) is 2. The molecule has 0 N–H and O–H groups in total. The van der Waals surface area contributed by atoms with Crippen LogP contribution in [-0.4, -0.2) is 18.0 Å². The number of nitrogens with zero attached hydrogens (tertiary/aromatic N) is 1. The fourth-order valence-corrected chi connectivity index (χ4v) is 2.56. The molecule has 0 fully saturated rings. The van der Waals surface area contributed by atoms with Crippen LogP contribution in [0.2, 0.25) is 0 Å². The lowest BCUT2D eigenvalue weighted by atomic mass is 10.0. The fraction of sp³-hybridized carbons (Fsp3) is 0.118. The molecule has 0 aliphatic heterocycles. The maximum atomic E-state index is 11.0. The number of ether oxygens (including phenoxy) is 1. The number of aldehydes is 1. The molecule has 20 heavy (non-hydrogen) atoms. The summed E-state index contributed by atoms with van der Waals surface area (Å²) in [5.41, 5.74) is 3.85. The second-order valence-electron chi connectivity index (χ2n) is 4.75. The molecule has 100 valence electrons. The van der Waals surface area contributed by atoms with Gasteiger partial charge in [0.05, 0.1) is 12.6 Å². The van der Waals surface area contributed by atoms with Gasteiger partial charge in [-0.2, -0.15) is 0 Å². The number of benzene rings is 2. The van der Waals surface area contributed by atoms with E-state index in [1.807, 2.05) is 35.9 Å². The van der Waals surface area contributed by atoms with E-state index in [0.29, 0.717) is 5.56 Å². The molecule has 0 spiro atoms. The Morgan fingerprint density at radius 2 is 1.90 bits per heavy atom. The van der Waals surface area contributed by atoms with Gasteiger partial charge in [-0.15, -0.1) is 0 Å². The molecule has 0 saturated heterocycles. The summed E-state index contributed by atoms with van der Waals surface area (Å²) in [6.07, 6.45) is 2.91. The third kappa shape index (κ3) is 1.88. The van der Waals surface area contributed by atoms with Gasteiger partial charge in [0.15, 0.2) is 0 Å². The number of carbonyl (C=O) groups excluding carboxylic acids is 1. The quantitative estimate of drug-likeness (QED) is 0.677. The second kappa shape index (κ2) is 4.85. The van der Waals surface area contributed by atoms with Crippen LogP contribution in [0.25, 0.3) is 22.0 Å². The molecule has 2 aromatic carbocycles. The topological polar surface area (TPSA) is 31.2 Å². The van der Waals surface area contributed by atoms with Crippen molar-refractivity contribution < 1.29 is 9.53 Å². The van der Waals surface area contributed by atoms with Gasteiger partial charge < -0.3 is 9.30 Å². The van der Waals surface area contributed by atoms with Crippen molar-refractivity contribution in [1.82, 2.24) is 4.57 Å². The highest BCUT2D eigenvalue weighted by Crippen LogP contribution is 2.37. The van der Waals surface area contributed by atoms with Crippen LogP contribution >= 0.6 is 0 Å². The molecule has 1 heterocycles. The lowest BCUT2D eigenvalue weighted by Gasteiger charge is -2.06. The first-order valence-electron chi connectivity index (χ1n) is 6.42. The molecule has 0 unspecified atom stereocenters. The van der Waals surface area contributed by atoms with Crippen LogP contribution in [0.4, 0.5) is 0 Å². The first-order valence-corrected chi connectivity index (χ1v) is 6.42. The Morgan fingerprint density at radius 3 is 2.55 bits per heavy atom. The third-order valence-electron chi connectivity index (χ3n) is 3.52. The highest BCUT2D eigenvalue weighted by Gasteiger charge is 2.14. The molecule has 3 rings (SSSR count). The number of rotatable bonds is 3. The van der Waals surface area contributed by atoms with E-state index in [4.69, 9.17) is 4.74 Å². The van der Waals surface area contributed by atoms with Crippen molar-refractivity contribution in [2.45, 2.75) is 0 Å². The van der Waals surface area contributed by atoms with Crippen molar-refractivity contribution in [2.75, 3.05) is 7.11 Å². The van der Waals surface area contributed by atoms with Crippen molar-refractivity contribution >= 4 is 17.2 Å². The van der Waals surface area contributed by atoms with Gasteiger partial charge in [-0.05, 0) is 17.7 Å². The van der Waals surface area contributed by atoms with E-state index < -0.39 is 0 Å². The maximum Gasteiger partial charge on any atom is 0.150 e. The molecular weight excluding hydrogens is 250 g/mol. The van der Waals surface area contributed by atoms with Crippen LogP contribution in [0.3, 0.4) is 0 Å². The number of hydrogen-bond donors (Lipinski definition) is 0. The summed E-state index contributed by atoms with van der Waals surface area (Å²) in [5.74, 6) is 0.726. The van der Waals surface area contributed by atoms with Crippen molar-refractivity contribution in [3.8, 4) is 16.9 Å². The first kappa shape index (κ1) is 12.5. The molecule has 0 amide bonds. The highest BCUT2D eigenvalue weighted by molar-refractivity contribution is 6.02. The van der Waals surface area contributed by atoms with Crippen molar-refractivity contribution in [2.24, 2.45) is 7.05 Å². The summed E-state index contributed by atoms with van der Waals surface area (Å²) in [6, 6.07) is 13.8. The van der Waals surface area contributed by atoms with Crippen molar-refractivity contribution in [3.63, 3.8) is 0 Å². The number of aryl methyl sites for hydroxylation is 1. The van der Waals surface area contributed by atoms with Gasteiger partial charge in [0.1, 0.15) is 12.0 Å². The minimum atomic E-state index is 0.621. The first-order chi connectivity index (χ1) is 9.74. The smallest absolute Gasteiger partial charge is 0.150 e. The monoisotopic (exact) mass is 265 g/mol. The molecule has 0 atom stereocenters. The SMILES string of the molecule is COc1cc(C=O)cc2c1c(-c1ccccc1)cn2C. The predicted molar refractivity (Wildman–Crippen MR) is 80.3 cm³/mol. The summed E-state index contributed by atoms with van der Waals surface area (Å²) in [4.78, 5) is 11.0. The Balaban J connectivity index is 2.38. The Bertz CT molecular complexity index is 773. The minimum Gasteiger partial charge on any atom is -0.496 e. The third-order valence-corrected chi connectivity index (χ3v) is 3.52. The van der Waals surface area contributed by atoms with Crippen LogP contribution in [0.15, 0.2) is 48.7 Å². The van der Waals surface area contributed by atoms with E-state index in [9.17, 15) is 4.79 Å². The Kier molecular flexibility index (Phi) is 3.03. The van der Waals surface area contributed by atoms with E-state index in [0.717, 1.165) is 34.1 Å². The molecule has 0 aliphatic rings. The van der Waals surface area contributed by atoms with Gasteiger partial charge in [0.2, 0.25) is 0 Å². The Labute approximate surface area is 117 Å². The van der Waals surface area contributed by atoms with Gasteiger partial charge in [-0.25, -0.2) is 0 Å². The fourth-order valence-electron chi connectivity index (χ4n) is 2.56. The zero-order valence-corrected chi connectivity index (χ0v) is 11.5. The molecule has 3 heteroatoms. The Morgan fingerprint density at radius 1 is 1.15 bits per heavy atom. The molecular formula is C17H15NO2. The van der Waals surface area contributed by atoms with Crippen molar-refractivity contribution in [3.05, 3.63) is 54.2 Å². The molecule has 3 aromatic rings. The number of aromatic nitrogens is 1. The number of fused-ring (bicyclic) bond motifs is 1. The van der Waals surface area contributed by atoms with Gasteiger partial charge in [-0.1, -0.05) is 30.3 Å². The van der Waals surface area contributed by atoms with Gasteiger partial charge in [-0.3, -0.25) is 4.79 Å². The summed E-state index contributed by atoms with van der Waals surface area (Å²) in [7, 11) is 3.61. The minimum absolute atomic E-state index is 0.621. The van der Waals surface area contributed by atoms with Crippen LogP contribution in [0.5, 0.6) is 5.75 Å². The molecule has 0 radical (unpaired) electrons. The zero-order valence-electron chi connectivity index (χ0n) is 11.5. The molecule has 0 aliphatic carbocycles. The number of methoxy groups -OCH3 is 1. The zero-order chi connectivity index (χ0) is 14.1. The van der Waals surface area contributed by atoms with Gasteiger partial charge in [0, 0.05) is 29.8 Å². The molecule has 0 saturated carbocycles. The molecule has 0 bridgehead atoms. The summed E-state index contributed by atoms with van der Waals surface area (Å²) >= 11 is 0. The maximum absolute atomic E-state index is 11.0. The van der Waals surface area contributed by atoms with E-state index in [2.05, 4.69) is 18.3 Å². The summed E-state index contributed by atoms with van der Waals surface area (Å²) in [5, 5.41) is 1.03. The lowest BCUT2D eigenvalue weighted by Crippen LogP contribution is -1.90. The number of carbonyl (C=O) groups is 1. The Hall–Kier alpha value is -2.55. The summed E-state index contributed by atoms with van der Waals surface area (Å²) < 4.78 is 7.49. The van der Waals surface area contributed by atoms with E-state index in [1.54, 1.807) is 13.2 Å². The second-order valence-corrected chi connectivity index (χ2v) is 4.75. The van der Waals surface area contributed by atoms with E-state index >= 15 is 0 Å².